The number of H-pyrrole nitrogens is 1. The highest BCUT2D eigenvalue weighted by Gasteiger charge is 2.12. The lowest BCUT2D eigenvalue weighted by Gasteiger charge is -2.09. The van der Waals surface area contributed by atoms with Gasteiger partial charge in [-0.05, 0) is 60.7 Å². The normalized spacial score (nSPS) is 10.5. The number of hydrogen-bond donors (Lipinski definition) is 3. The summed E-state index contributed by atoms with van der Waals surface area (Å²) < 4.78 is 8.25. The molecule has 2 aromatic carbocycles. The number of nitrogens with zero attached hydrogens (tertiary/aromatic N) is 2. The van der Waals surface area contributed by atoms with Crippen LogP contribution in [0.25, 0.3) is 11.4 Å². The van der Waals surface area contributed by atoms with E-state index in [0.717, 1.165) is 15.8 Å². The van der Waals surface area contributed by atoms with Crippen molar-refractivity contribution in [2.45, 2.75) is 13.0 Å². The van der Waals surface area contributed by atoms with Gasteiger partial charge in [-0.2, -0.15) is 5.10 Å². The number of amides is 2. The van der Waals surface area contributed by atoms with Gasteiger partial charge in [0.25, 0.3) is 0 Å². The first-order valence-electron chi connectivity index (χ1n) is 9.08. The molecule has 0 fully saturated rings. The minimum Gasteiger partial charge on any atom is -0.497 e. The van der Waals surface area contributed by atoms with Crippen LogP contribution in [0.15, 0.2) is 53.0 Å². The fraction of sp³-hybridized carbons (Fsp3) is 0.200. The Morgan fingerprint density at radius 3 is 2.50 bits per heavy atom. The van der Waals surface area contributed by atoms with Gasteiger partial charge in [-0.15, -0.1) is 0 Å². The minimum absolute atomic E-state index is 0.114. The molecule has 0 unspecified atom stereocenters. The van der Waals surface area contributed by atoms with E-state index in [1.807, 2.05) is 36.4 Å². The maximum Gasteiger partial charge on any atom is 0.243 e. The summed E-state index contributed by atoms with van der Waals surface area (Å²) in [4.78, 5) is 24.2. The lowest BCUT2D eigenvalue weighted by Crippen LogP contribution is -2.33. The lowest BCUT2D eigenvalue weighted by atomic mass is 10.2. The predicted molar refractivity (Wildman–Crippen MR) is 120 cm³/mol. The summed E-state index contributed by atoms with van der Waals surface area (Å²) in [5.74, 6) is 0.804. The highest BCUT2D eigenvalue weighted by Crippen LogP contribution is 2.21. The van der Waals surface area contributed by atoms with E-state index >= 15 is 0 Å². The number of carbonyl (C=O) groups is 2. The third-order valence-corrected chi connectivity index (χ3v) is 5.08. The van der Waals surface area contributed by atoms with Crippen molar-refractivity contribution in [2.24, 2.45) is 0 Å². The molecule has 0 spiro atoms. The Balaban J connectivity index is 1.53. The van der Waals surface area contributed by atoms with Gasteiger partial charge in [-0.25, -0.2) is 0 Å². The van der Waals surface area contributed by atoms with Gasteiger partial charge in [0.05, 0.1) is 13.7 Å². The van der Waals surface area contributed by atoms with Crippen LogP contribution in [0.2, 0.25) is 0 Å². The van der Waals surface area contributed by atoms with E-state index < -0.39 is 0 Å². The van der Waals surface area contributed by atoms with Crippen molar-refractivity contribution in [3.63, 3.8) is 0 Å². The second-order valence-electron chi connectivity index (χ2n) is 6.31. The Bertz CT molecular complexity index is 1080. The first-order chi connectivity index (χ1) is 14.5. The average Bonchev–Trinajstić information content (AvgIpc) is 3.12. The smallest absolute Gasteiger partial charge is 0.243 e. The Morgan fingerprint density at radius 1 is 1.13 bits per heavy atom. The van der Waals surface area contributed by atoms with Gasteiger partial charge in [0.2, 0.25) is 11.8 Å². The van der Waals surface area contributed by atoms with Gasteiger partial charge in [0, 0.05) is 28.7 Å². The zero-order chi connectivity index (χ0) is 21.5. The molecule has 0 saturated carbocycles. The minimum atomic E-state index is -0.301. The van der Waals surface area contributed by atoms with Gasteiger partial charge < -0.3 is 15.4 Å². The second-order valence-corrected chi connectivity index (χ2v) is 7.62. The summed E-state index contributed by atoms with van der Waals surface area (Å²) in [5.41, 5.74) is 1.50. The molecule has 2 amide bonds. The maximum atomic E-state index is 12.2. The fourth-order valence-electron chi connectivity index (χ4n) is 2.70. The number of benzene rings is 2. The zero-order valence-corrected chi connectivity index (χ0v) is 18.5. The molecule has 0 saturated heterocycles. The molecule has 156 valence electrons. The van der Waals surface area contributed by atoms with Crippen LogP contribution in [0.3, 0.4) is 0 Å². The lowest BCUT2D eigenvalue weighted by molar-refractivity contribution is -0.124. The van der Waals surface area contributed by atoms with Crippen molar-refractivity contribution >= 4 is 45.6 Å². The molecule has 3 rings (SSSR count). The van der Waals surface area contributed by atoms with Crippen LogP contribution >= 0.6 is 28.1 Å². The molecule has 0 aliphatic heterocycles. The fourth-order valence-corrected chi connectivity index (χ4v) is 3.19. The SMILES string of the molecule is COc1ccc(-c2n[nH]c(=S)n2CCC(=O)NCC(=O)Nc2ccc(Br)cc2)cc1. The summed E-state index contributed by atoms with van der Waals surface area (Å²) in [7, 11) is 1.60. The molecule has 0 aliphatic carbocycles. The number of hydrogen-bond acceptors (Lipinski definition) is 5. The first-order valence-corrected chi connectivity index (χ1v) is 10.3. The van der Waals surface area contributed by atoms with Crippen LogP contribution in [-0.2, 0) is 16.1 Å². The van der Waals surface area contributed by atoms with Crippen LogP contribution in [0.5, 0.6) is 5.75 Å². The summed E-state index contributed by atoms with van der Waals surface area (Å²) in [6.07, 6.45) is 0.155. The van der Waals surface area contributed by atoms with Gasteiger partial charge in [0.1, 0.15) is 5.75 Å². The van der Waals surface area contributed by atoms with E-state index in [0.29, 0.717) is 22.8 Å². The molecule has 3 N–H and O–H groups in total. The van der Waals surface area contributed by atoms with Crippen molar-refractivity contribution in [3.8, 4) is 17.1 Å². The Labute approximate surface area is 186 Å². The number of methoxy groups -OCH3 is 1. The molecule has 1 heterocycles. The van der Waals surface area contributed by atoms with Crippen LogP contribution in [0, 0.1) is 4.77 Å². The zero-order valence-electron chi connectivity index (χ0n) is 16.1. The summed E-state index contributed by atoms with van der Waals surface area (Å²) in [6.45, 7) is 0.216. The number of halogens is 1. The number of aromatic nitrogens is 3. The number of carbonyl (C=O) groups excluding carboxylic acids is 2. The number of ether oxygens (including phenoxy) is 1. The van der Waals surface area contributed by atoms with Crippen LogP contribution < -0.4 is 15.4 Å². The monoisotopic (exact) mass is 489 g/mol. The van der Waals surface area contributed by atoms with Crippen molar-refractivity contribution in [3.05, 3.63) is 57.8 Å². The second kappa shape index (κ2) is 10.2. The predicted octanol–water partition coefficient (Wildman–Crippen LogP) is 3.52. The summed E-state index contributed by atoms with van der Waals surface area (Å²) in [5, 5.41) is 12.3. The van der Waals surface area contributed by atoms with E-state index in [1.165, 1.54) is 0 Å². The van der Waals surface area contributed by atoms with Crippen LogP contribution in [0.4, 0.5) is 5.69 Å². The Morgan fingerprint density at radius 2 is 1.83 bits per heavy atom. The van der Waals surface area contributed by atoms with E-state index in [4.69, 9.17) is 17.0 Å². The molecule has 0 aliphatic rings. The third-order valence-electron chi connectivity index (χ3n) is 4.24. The van der Waals surface area contributed by atoms with E-state index in [9.17, 15) is 9.59 Å². The van der Waals surface area contributed by atoms with Crippen molar-refractivity contribution in [1.82, 2.24) is 20.1 Å². The molecule has 1 aromatic heterocycles. The van der Waals surface area contributed by atoms with Crippen LogP contribution in [-0.4, -0.2) is 40.2 Å². The van der Waals surface area contributed by atoms with Crippen molar-refractivity contribution in [2.75, 3.05) is 19.0 Å². The quantitative estimate of drug-likeness (QED) is 0.420. The molecule has 10 heteroatoms. The summed E-state index contributed by atoms with van der Waals surface area (Å²) >= 11 is 8.62. The van der Waals surface area contributed by atoms with Crippen LogP contribution in [0.1, 0.15) is 6.42 Å². The molecule has 3 aromatic rings. The van der Waals surface area contributed by atoms with Gasteiger partial charge in [0.15, 0.2) is 10.6 Å². The maximum absolute atomic E-state index is 12.2. The van der Waals surface area contributed by atoms with Gasteiger partial charge in [-0.3, -0.25) is 19.3 Å². The largest absolute Gasteiger partial charge is 0.497 e. The molecular formula is C20H20BrN5O3S. The van der Waals surface area contributed by atoms with E-state index in [2.05, 4.69) is 36.8 Å². The third kappa shape index (κ3) is 5.77. The molecule has 0 bridgehead atoms. The molecule has 0 radical (unpaired) electrons. The van der Waals surface area contributed by atoms with Gasteiger partial charge >= 0.3 is 0 Å². The van der Waals surface area contributed by atoms with E-state index in [-0.39, 0.29) is 24.8 Å². The topological polar surface area (TPSA) is 101 Å². The number of nitrogens with one attached hydrogen (secondary N) is 3. The highest BCUT2D eigenvalue weighted by molar-refractivity contribution is 9.10. The molecule has 8 nitrogen and oxygen atoms in total. The van der Waals surface area contributed by atoms with Crippen molar-refractivity contribution in [1.29, 1.82) is 0 Å². The number of aromatic amines is 1. The highest BCUT2D eigenvalue weighted by atomic mass is 79.9. The number of rotatable bonds is 8. The average molecular weight is 490 g/mol. The Hall–Kier alpha value is -2.98. The molecule has 30 heavy (non-hydrogen) atoms. The Kier molecular flexibility index (Phi) is 7.36. The standard InChI is InChI=1S/C20H20BrN5O3S/c1-29-16-8-2-13(3-9-16)19-24-25-20(30)26(19)11-10-17(27)22-12-18(28)23-15-6-4-14(21)5-7-15/h2-9H,10-12H2,1H3,(H,22,27)(H,23,28)(H,25,30). The number of anilines is 1. The first kappa shape index (κ1) is 21.7. The molecule has 0 atom stereocenters. The van der Waals surface area contributed by atoms with Gasteiger partial charge in [-0.1, -0.05) is 15.9 Å². The van der Waals surface area contributed by atoms with Crippen molar-refractivity contribution < 1.29 is 14.3 Å². The molecular weight excluding hydrogens is 470 g/mol. The van der Waals surface area contributed by atoms with E-state index in [1.54, 1.807) is 23.8 Å². The summed E-state index contributed by atoms with van der Waals surface area (Å²) in [6, 6.07) is 14.6.